The quantitative estimate of drug-likeness (QED) is 0.756. The van der Waals surface area contributed by atoms with Crippen LogP contribution in [0.2, 0.25) is 0 Å². The molecule has 0 bridgehead atoms. The number of hydrogen-bond donors (Lipinski definition) is 2. The summed E-state index contributed by atoms with van der Waals surface area (Å²) < 4.78 is 0. The highest BCUT2D eigenvalue weighted by Gasteiger charge is 2.08. The number of aryl methyl sites for hydroxylation is 2. The third kappa shape index (κ3) is 5.88. The van der Waals surface area contributed by atoms with E-state index in [1.54, 1.807) is 0 Å². The van der Waals surface area contributed by atoms with Crippen molar-refractivity contribution in [1.82, 2.24) is 5.32 Å². The van der Waals surface area contributed by atoms with Crippen molar-refractivity contribution in [1.29, 1.82) is 0 Å². The summed E-state index contributed by atoms with van der Waals surface area (Å²) in [5.74, 6) is 0.645. The molecular formula is C16H26N2O. The van der Waals surface area contributed by atoms with Gasteiger partial charge in [-0.05, 0) is 43.4 Å². The van der Waals surface area contributed by atoms with Crippen LogP contribution in [0.1, 0.15) is 37.3 Å². The summed E-state index contributed by atoms with van der Waals surface area (Å²) in [6, 6.07) is 8.22. The lowest BCUT2D eigenvalue weighted by Gasteiger charge is -2.14. The van der Waals surface area contributed by atoms with Crippen LogP contribution < -0.4 is 11.1 Å². The molecule has 1 aromatic carbocycles. The van der Waals surface area contributed by atoms with Gasteiger partial charge in [-0.25, -0.2) is 0 Å². The molecule has 0 radical (unpaired) electrons. The Labute approximate surface area is 116 Å². The van der Waals surface area contributed by atoms with Crippen molar-refractivity contribution in [2.24, 2.45) is 11.7 Å². The van der Waals surface area contributed by atoms with E-state index in [2.05, 4.69) is 31.3 Å². The molecular weight excluding hydrogens is 236 g/mol. The van der Waals surface area contributed by atoms with E-state index < -0.39 is 0 Å². The van der Waals surface area contributed by atoms with Crippen LogP contribution >= 0.6 is 0 Å². The third-order valence-electron chi connectivity index (χ3n) is 3.62. The second-order valence-electron chi connectivity index (χ2n) is 5.08. The molecule has 3 heteroatoms. The largest absolute Gasteiger partial charge is 0.356 e. The highest BCUT2D eigenvalue weighted by molar-refractivity contribution is 5.76. The Morgan fingerprint density at radius 2 is 2.11 bits per heavy atom. The molecule has 0 spiro atoms. The van der Waals surface area contributed by atoms with Gasteiger partial charge in [0.2, 0.25) is 5.91 Å². The molecule has 1 unspecified atom stereocenters. The molecule has 0 aromatic heterocycles. The van der Waals surface area contributed by atoms with Crippen LogP contribution in [0, 0.1) is 12.8 Å². The van der Waals surface area contributed by atoms with Gasteiger partial charge in [-0.3, -0.25) is 4.79 Å². The fraction of sp³-hybridized carbons (Fsp3) is 0.562. The van der Waals surface area contributed by atoms with Crippen LogP contribution in [0.15, 0.2) is 24.3 Å². The van der Waals surface area contributed by atoms with Crippen molar-refractivity contribution in [3.63, 3.8) is 0 Å². The van der Waals surface area contributed by atoms with E-state index in [9.17, 15) is 4.79 Å². The molecule has 106 valence electrons. The van der Waals surface area contributed by atoms with Crippen molar-refractivity contribution in [2.45, 2.75) is 39.5 Å². The smallest absolute Gasteiger partial charge is 0.220 e. The molecule has 3 N–H and O–H groups in total. The van der Waals surface area contributed by atoms with E-state index >= 15 is 0 Å². The summed E-state index contributed by atoms with van der Waals surface area (Å²) in [4.78, 5) is 11.8. The predicted octanol–water partition coefficient (Wildman–Crippen LogP) is 2.42. The minimum Gasteiger partial charge on any atom is -0.356 e. The zero-order valence-corrected chi connectivity index (χ0v) is 12.1. The maximum absolute atomic E-state index is 11.8. The predicted molar refractivity (Wildman–Crippen MR) is 80.0 cm³/mol. The van der Waals surface area contributed by atoms with Gasteiger partial charge in [0.25, 0.3) is 0 Å². The molecule has 1 rings (SSSR count). The number of carbonyl (C=O) groups is 1. The summed E-state index contributed by atoms with van der Waals surface area (Å²) in [5.41, 5.74) is 8.06. The standard InChI is InChI=1S/C16H26N2O/c1-3-14(10-11-17)12-18-16(19)9-8-15-7-5-4-6-13(15)2/h4-7,14H,3,8-12,17H2,1-2H3,(H,18,19). The molecule has 0 saturated heterocycles. The summed E-state index contributed by atoms with van der Waals surface area (Å²) in [6.07, 6.45) is 3.42. The fourth-order valence-electron chi connectivity index (χ4n) is 2.17. The SMILES string of the molecule is CCC(CCN)CNC(=O)CCc1ccccc1C. The maximum Gasteiger partial charge on any atom is 0.220 e. The number of nitrogens with one attached hydrogen (secondary N) is 1. The fourth-order valence-corrected chi connectivity index (χ4v) is 2.17. The van der Waals surface area contributed by atoms with Crippen molar-refractivity contribution < 1.29 is 4.79 Å². The first-order valence-electron chi connectivity index (χ1n) is 7.18. The Morgan fingerprint density at radius 1 is 1.37 bits per heavy atom. The zero-order chi connectivity index (χ0) is 14.1. The number of benzene rings is 1. The number of carbonyl (C=O) groups excluding carboxylic acids is 1. The first-order chi connectivity index (χ1) is 9.17. The van der Waals surface area contributed by atoms with E-state index in [0.717, 1.165) is 25.8 Å². The normalized spacial score (nSPS) is 12.2. The molecule has 0 saturated carbocycles. The van der Waals surface area contributed by atoms with Crippen LogP contribution in [-0.2, 0) is 11.2 Å². The Bertz CT molecular complexity index is 390. The van der Waals surface area contributed by atoms with Crippen molar-refractivity contribution in [3.8, 4) is 0 Å². The van der Waals surface area contributed by atoms with Gasteiger partial charge in [0.05, 0.1) is 0 Å². The molecule has 0 heterocycles. The van der Waals surface area contributed by atoms with Gasteiger partial charge in [0.15, 0.2) is 0 Å². The van der Waals surface area contributed by atoms with Gasteiger partial charge >= 0.3 is 0 Å². The van der Waals surface area contributed by atoms with Crippen molar-refractivity contribution in [3.05, 3.63) is 35.4 Å². The van der Waals surface area contributed by atoms with Gasteiger partial charge in [0, 0.05) is 13.0 Å². The topological polar surface area (TPSA) is 55.1 Å². The van der Waals surface area contributed by atoms with E-state index in [4.69, 9.17) is 5.73 Å². The third-order valence-corrected chi connectivity index (χ3v) is 3.62. The minimum atomic E-state index is 0.138. The Kier molecular flexibility index (Phi) is 7.19. The van der Waals surface area contributed by atoms with Gasteiger partial charge in [-0.2, -0.15) is 0 Å². The van der Waals surface area contributed by atoms with Crippen LogP contribution in [0.5, 0.6) is 0 Å². The molecule has 0 aliphatic heterocycles. The van der Waals surface area contributed by atoms with Crippen LogP contribution in [0.3, 0.4) is 0 Å². The second kappa shape index (κ2) is 8.70. The lowest BCUT2D eigenvalue weighted by atomic mass is 10.0. The molecule has 3 nitrogen and oxygen atoms in total. The van der Waals surface area contributed by atoms with E-state index in [0.29, 0.717) is 18.9 Å². The Morgan fingerprint density at radius 3 is 2.74 bits per heavy atom. The van der Waals surface area contributed by atoms with Gasteiger partial charge in [-0.1, -0.05) is 37.6 Å². The number of nitrogens with two attached hydrogens (primary N) is 1. The van der Waals surface area contributed by atoms with E-state index in [1.165, 1.54) is 11.1 Å². The molecule has 19 heavy (non-hydrogen) atoms. The van der Waals surface area contributed by atoms with Gasteiger partial charge in [0.1, 0.15) is 0 Å². The van der Waals surface area contributed by atoms with Crippen LogP contribution in [0.4, 0.5) is 0 Å². The lowest BCUT2D eigenvalue weighted by molar-refractivity contribution is -0.121. The first-order valence-corrected chi connectivity index (χ1v) is 7.18. The zero-order valence-electron chi connectivity index (χ0n) is 12.1. The summed E-state index contributed by atoms with van der Waals surface area (Å²) in [6.45, 7) is 5.67. The van der Waals surface area contributed by atoms with Crippen molar-refractivity contribution >= 4 is 5.91 Å². The minimum absolute atomic E-state index is 0.138. The van der Waals surface area contributed by atoms with E-state index in [-0.39, 0.29) is 5.91 Å². The molecule has 0 aliphatic rings. The average Bonchev–Trinajstić information content (AvgIpc) is 2.42. The Hall–Kier alpha value is -1.35. The van der Waals surface area contributed by atoms with Crippen molar-refractivity contribution in [2.75, 3.05) is 13.1 Å². The number of amides is 1. The molecule has 0 aliphatic carbocycles. The van der Waals surface area contributed by atoms with Gasteiger partial charge < -0.3 is 11.1 Å². The molecule has 1 atom stereocenters. The molecule has 1 aromatic rings. The second-order valence-corrected chi connectivity index (χ2v) is 5.08. The first kappa shape index (κ1) is 15.7. The van der Waals surface area contributed by atoms with Crippen LogP contribution in [0.25, 0.3) is 0 Å². The van der Waals surface area contributed by atoms with Gasteiger partial charge in [-0.15, -0.1) is 0 Å². The monoisotopic (exact) mass is 262 g/mol. The number of hydrogen-bond acceptors (Lipinski definition) is 2. The molecule has 1 amide bonds. The Balaban J connectivity index is 2.30. The average molecular weight is 262 g/mol. The van der Waals surface area contributed by atoms with E-state index in [1.807, 2.05) is 12.1 Å². The highest BCUT2D eigenvalue weighted by Crippen LogP contribution is 2.10. The molecule has 0 fully saturated rings. The summed E-state index contributed by atoms with van der Waals surface area (Å²) in [5, 5.41) is 3.01. The summed E-state index contributed by atoms with van der Waals surface area (Å²) in [7, 11) is 0. The van der Waals surface area contributed by atoms with Crippen LogP contribution in [-0.4, -0.2) is 19.0 Å². The summed E-state index contributed by atoms with van der Waals surface area (Å²) >= 11 is 0. The lowest BCUT2D eigenvalue weighted by Crippen LogP contribution is -2.30. The number of rotatable bonds is 8. The maximum atomic E-state index is 11.8. The highest BCUT2D eigenvalue weighted by atomic mass is 16.1.